The van der Waals surface area contributed by atoms with Crippen molar-refractivity contribution in [3.05, 3.63) is 96.4 Å². The first-order valence-corrected chi connectivity index (χ1v) is 11.1. The lowest BCUT2D eigenvalue weighted by Crippen LogP contribution is -2.25. The first-order chi connectivity index (χ1) is 14.2. The summed E-state index contributed by atoms with van der Waals surface area (Å²) in [5.74, 6) is -0.925. The summed E-state index contributed by atoms with van der Waals surface area (Å²) in [5.41, 5.74) is 6.42. The maximum absolute atomic E-state index is 12.0. The summed E-state index contributed by atoms with van der Waals surface area (Å²) in [6.45, 7) is 4.17. The number of anilines is 1. The third-order valence-electron chi connectivity index (χ3n) is 5.69. The predicted octanol–water partition coefficient (Wildman–Crippen LogP) is 7.76. The molecule has 2 N–H and O–H groups in total. The van der Waals surface area contributed by atoms with Crippen LogP contribution in [-0.2, 0) is 0 Å². The van der Waals surface area contributed by atoms with Gasteiger partial charge in [-0.1, -0.05) is 69.0 Å². The second-order valence-corrected chi connectivity index (χ2v) is 9.47. The van der Waals surface area contributed by atoms with Crippen molar-refractivity contribution in [1.82, 2.24) is 0 Å². The van der Waals surface area contributed by atoms with Crippen LogP contribution in [0.5, 0.6) is 0 Å². The first kappa shape index (κ1) is 21.2. The van der Waals surface area contributed by atoms with Crippen LogP contribution in [0.1, 0.15) is 56.6 Å². The van der Waals surface area contributed by atoms with Gasteiger partial charge in [-0.25, -0.2) is 4.79 Å². The van der Waals surface area contributed by atoms with Gasteiger partial charge >= 0.3 is 5.97 Å². The zero-order chi connectivity index (χ0) is 21.6. The van der Waals surface area contributed by atoms with Gasteiger partial charge in [0.15, 0.2) is 0 Å². The van der Waals surface area contributed by atoms with E-state index in [9.17, 15) is 9.90 Å². The highest BCUT2D eigenvalue weighted by Crippen LogP contribution is 2.47. The summed E-state index contributed by atoms with van der Waals surface area (Å²) < 4.78 is 0.753. The number of hydrogen-bond acceptors (Lipinski definition) is 2. The molecule has 0 radical (unpaired) electrons. The number of aryl methyl sites for hydroxylation is 2. The number of carboxylic acid groups (broad SMARTS) is 1. The molecule has 0 fully saturated rings. The Morgan fingerprint density at radius 2 is 1.80 bits per heavy atom. The summed E-state index contributed by atoms with van der Waals surface area (Å²) >= 11 is 15.9. The van der Waals surface area contributed by atoms with Crippen LogP contribution in [0.2, 0.25) is 10.0 Å². The topological polar surface area (TPSA) is 49.3 Å². The molecule has 1 aliphatic rings. The number of hydrogen-bond donors (Lipinski definition) is 2. The highest BCUT2D eigenvalue weighted by atomic mass is 79.9. The first-order valence-electron chi connectivity index (χ1n) is 9.60. The number of fused-ring (bicyclic) bond motifs is 1. The lowest BCUT2D eigenvalue weighted by molar-refractivity contribution is 0.0697. The van der Waals surface area contributed by atoms with Crippen molar-refractivity contribution in [2.75, 3.05) is 5.32 Å². The van der Waals surface area contributed by atoms with Gasteiger partial charge in [-0.2, -0.15) is 0 Å². The Balaban J connectivity index is 1.92. The molecule has 0 saturated heterocycles. The number of nitrogens with one attached hydrogen (secondary N) is 1. The smallest absolute Gasteiger partial charge is 0.337 e. The second-order valence-electron chi connectivity index (χ2n) is 7.74. The molecule has 0 aliphatic carbocycles. The molecule has 0 saturated carbocycles. The van der Waals surface area contributed by atoms with Crippen molar-refractivity contribution in [3.63, 3.8) is 0 Å². The van der Waals surface area contributed by atoms with Crippen LogP contribution in [0.3, 0.4) is 0 Å². The van der Waals surface area contributed by atoms with Crippen molar-refractivity contribution in [2.24, 2.45) is 0 Å². The molecule has 1 aliphatic heterocycles. The largest absolute Gasteiger partial charge is 0.478 e. The minimum atomic E-state index is -0.963. The van der Waals surface area contributed by atoms with E-state index in [0.29, 0.717) is 15.7 Å². The zero-order valence-electron chi connectivity index (χ0n) is 16.5. The van der Waals surface area contributed by atoms with Crippen LogP contribution in [0.25, 0.3) is 0 Å². The third kappa shape index (κ3) is 3.96. The molecule has 4 rings (SSSR count). The normalized spacial score (nSPS) is 17.9. The molecule has 3 aromatic rings. The van der Waals surface area contributed by atoms with Crippen molar-refractivity contribution in [1.29, 1.82) is 0 Å². The van der Waals surface area contributed by atoms with Crippen molar-refractivity contribution in [3.8, 4) is 0 Å². The number of carbonyl (C=O) groups is 1. The van der Waals surface area contributed by atoms with Crippen LogP contribution in [-0.4, -0.2) is 11.1 Å². The fourth-order valence-electron chi connectivity index (χ4n) is 4.21. The monoisotopic (exact) mass is 503 g/mol. The number of halogens is 3. The van der Waals surface area contributed by atoms with Crippen molar-refractivity contribution in [2.45, 2.75) is 32.2 Å². The maximum Gasteiger partial charge on any atom is 0.337 e. The van der Waals surface area contributed by atoms with Crippen LogP contribution < -0.4 is 5.32 Å². The van der Waals surface area contributed by atoms with Gasteiger partial charge in [0.1, 0.15) is 0 Å². The van der Waals surface area contributed by atoms with Gasteiger partial charge in [0.05, 0.1) is 27.3 Å². The second kappa shape index (κ2) is 8.26. The Bertz CT molecular complexity index is 1160. The van der Waals surface area contributed by atoms with Gasteiger partial charge in [0.25, 0.3) is 0 Å². The van der Waals surface area contributed by atoms with E-state index in [1.807, 2.05) is 18.2 Å². The number of rotatable bonds is 3. The minimum absolute atomic E-state index is 0.0382. The van der Waals surface area contributed by atoms with E-state index >= 15 is 0 Å². The highest BCUT2D eigenvalue weighted by Gasteiger charge is 2.33. The molecule has 0 spiro atoms. The Morgan fingerprint density at radius 1 is 1.03 bits per heavy atom. The average Bonchev–Trinajstić information content (AvgIpc) is 2.70. The summed E-state index contributed by atoms with van der Waals surface area (Å²) in [6, 6.07) is 15.6. The molecular formula is C24H20BrCl2NO2. The number of carboxylic acids is 1. The molecule has 6 heteroatoms. The predicted molar refractivity (Wildman–Crippen MR) is 126 cm³/mol. The van der Waals surface area contributed by atoms with E-state index in [0.717, 1.165) is 22.0 Å². The highest BCUT2D eigenvalue weighted by molar-refractivity contribution is 9.10. The Morgan fingerprint density at radius 3 is 2.50 bits per heavy atom. The molecule has 0 aromatic heterocycles. The molecule has 30 heavy (non-hydrogen) atoms. The Kier molecular flexibility index (Phi) is 5.84. The fourth-order valence-corrected chi connectivity index (χ4v) is 4.99. The third-order valence-corrected chi connectivity index (χ3v) is 6.88. The SMILES string of the molecule is Cc1ccc(C)c([C@@H]2C[C@H](c3ccc(Cl)c(Cl)c3)Nc3c(C(=O)O)cc(Br)cc32)c1. The molecule has 3 nitrogen and oxygen atoms in total. The van der Waals surface area contributed by atoms with E-state index in [-0.39, 0.29) is 17.5 Å². The Hall–Kier alpha value is -2.01. The molecule has 0 unspecified atom stereocenters. The average molecular weight is 505 g/mol. The Labute approximate surface area is 194 Å². The molecule has 0 amide bonds. The minimum Gasteiger partial charge on any atom is -0.478 e. The van der Waals surface area contributed by atoms with Crippen LogP contribution in [0.15, 0.2) is 53.0 Å². The summed E-state index contributed by atoms with van der Waals surface area (Å²) in [5, 5.41) is 14.3. The van der Waals surface area contributed by atoms with E-state index in [2.05, 4.69) is 53.3 Å². The summed E-state index contributed by atoms with van der Waals surface area (Å²) in [7, 11) is 0. The molecule has 1 heterocycles. The number of benzene rings is 3. The van der Waals surface area contributed by atoms with Crippen molar-refractivity contribution >= 4 is 50.8 Å². The van der Waals surface area contributed by atoms with Crippen LogP contribution >= 0.6 is 39.1 Å². The molecule has 2 atom stereocenters. The zero-order valence-corrected chi connectivity index (χ0v) is 19.6. The lowest BCUT2D eigenvalue weighted by atomic mass is 9.77. The standard InChI is InChI=1S/C24H20BrCl2NO2/c1-12-3-4-13(2)16(7-12)17-11-22(14-5-6-20(26)21(27)8-14)28-23-18(17)9-15(25)10-19(23)24(29)30/h3-10,17,22,28H,11H2,1-2H3,(H,29,30)/t17-,22+/m0/s1. The molecule has 3 aromatic carbocycles. The van der Waals surface area contributed by atoms with E-state index in [4.69, 9.17) is 23.2 Å². The number of aromatic carboxylic acids is 1. The molecule has 0 bridgehead atoms. The van der Waals surface area contributed by atoms with E-state index < -0.39 is 5.97 Å². The lowest BCUT2D eigenvalue weighted by Gasteiger charge is -2.36. The maximum atomic E-state index is 12.0. The van der Waals surface area contributed by atoms with Gasteiger partial charge < -0.3 is 10.4 Å². The van der Waals surface area contributed by atoms with Gasteiger partial charge in [0.2, 0.25) is 0 Å². The van der Waals surface area contributed by atoms with Crippen LogP contribution in [0.4, 0.5) is 5.69 Å². The van der Waals surface area contributed by atoms with Gasteiger partial charge in [0, 0.05) is 10.4 Å². The molecule has 154 valence electrons. The fraction of sp³-hybridized carbons (Fsp3) is 0.208. The van der Waals surface area contributed by atoms with Gasteiger partial charge in [-0.15, -0.1) is 0 Å². The summed E-state index contributed by atoms with van der Waals surface area (Å²) in [6.07, 6.45) is 0.769. The van der Waals surface area contributed by atoms with E-state index in [1.54, 1.807) is 12.1 Å². The summed E-state index contributed by atoms with van der Waals surface area (Å²) in [4.78, 5) is 12.0. The molecular weight excluding hydrogens is 485 g/mol. The van der Waals surface area contributed by atoms with E-state index in [1.165, 1.54) is 16.7 Å². The van der Waals surface area contributed by atoms with Crippen molar-refractivity contribution < 1.29 is 9.90 Å². The quantitative estimate of drug-likeness (QED) is 0.383. The van der Waals surface area contributed by atoms with Gasteiger partial charge in [-0.05, 0) is 66.8 Å². The van der Waals surface area contributed by atoms with Gasteiger partial charge in [-0.3, -0.25) is 0 Å². The van der Waals surface area contributed by atoms with Crippen LogP contribution in [0, 0.1) is 13.8 Å².